The van der Waals surface area contributed by atoms with Gasteiger partial charge in [-0.2, -0.15) is 5.10 Å². The van der Waals surface area contributed by atoms with Crippen molar-refractivity contribution in [2.24, 2.45) is 4.99 Å². The van der Waals surface area contributed by atoms with Gasteiger partial charge in [0.25, 0.3) is 0 Å². The number of methoxy groups -OCH3 is 3. The molecule has 0 radical (unpaired) electrons. The normalized spacial score (nSPS) is 15.7. The molecule has 1 atom stereocenters. The largest absolute Gasteiger partial charge is 0.497 e. The topological polar surface area (TPSA) is 94.8 Å². The van der Waals surface area contributed by atoms with Crippen molar-refractivity contribution in [1.82, 2.24) is 25.4 Å². The van der Waals surface area contributed by atoms with E-state index >= 15 is 0 Å². The Bertz CT molecular complexity index is 842. The molecule has 10 heteroatoms. The molecule has 1 unspecified atom stereocenters. The predicted molar refractivity (Wildman–Crippen MR) is 126 cm³/mol. The van der Waals surface area contributed by atoms with E-state index in [0.717, 1.165) is 67.0 Å². The molecule has 0 aliphatic carbocycles. The zero-order chi connectivity index (χ0) is 20.6. The van der Waals surface area contributed by atoms with E-state index in [1.165, 1.54) is 0 Å². The fourth-order valence-electron chi connectivity index (χ4n) is 3.45. The maximum absolute atomic E-state index is 5.45. The van der Waals surface area contributed by atoms with Gasteiger partial charge in [0.1, 0.15) is 23.9 Å². The van der Waals surface area contributed by atoms with Gasteiger partial charge in [0.2, 0.25) is 0 Å². The number of hydrogen-bond acceptors (Lipinski definition) is 6. The van der Waals surface area contributed by atoms with Crippen molar-refractivity contribution in [3.05, 3.63) is 35.4 Å². The predicted octanol–water partition coefficient (Wildman–Crippen LogP) is 1.78. The van der Waals surface area contributed by atoms with Crippen LogP contribution in [-0.2, 0) is 30.7 Å². The average molecular weight is 530 g/mol. The Labute approximate surface area is 194 Å². The van der Waals surface area contributed by atoms with Crippen molar-refractivity contribution in [3.63, 3.8) is 0 Å². The lowest BCUT2D eigenvalue weighted by Crippen LogP contribution is -2.47. The van der Waals surface area contributed by atoms with E-state index in [-0.39, 0.29) is 30.0 Å². The van der Waals surface area contributed by atoms with E-state index in [2.05, 4.69) is 25.7 Å². The first kappa shape index (κ1) is 24.2. The van der Waals surface area contributed by atoms with Crippen molar-refractivity contribution < 1.29 is 14.2 Å². The summed E-state index contributed by atoms with van der Waals surface area (Å²) in [5, 5.41) is 11.4. The summed E-state index contributed by atoms with van der Waals surface area (Å²) in [5.74, 6) is 4.20. The maximum atomic E-state index is 5.45. The van der Waals surface area contributed by atoms with Crippen molar-refractivity contribution in [2.75, 3.05) is 34.9 Å². The molecule has 9 nitrogen and oxygen atoms in total. The second kappa shape index (κ2) is 11.9. The monoisotopic (exact) mass is 530 g/mol. The third-order valence-electron chi connectivity index (χ3n) is 4.91. The molecule has 0 fully saturated rings. The van der Waals surface area contributed by atoms with E-state index in [4.69, 9.17) is 14.2 Å². The molecule has 2 heterocycles. The fourth-order valence-corrected chi connectivity index (χ4v) is 3.45. The molecule has 0 bridgehead atoms. The number of nitrogens with zero attached hydrogens (tertiary/aromatic N) is 4. The van der Waals surface area contributed by atoms with Gasteiger partial charge in [0.05, 0.1) is 20.8 Å². The van der Waals surface area contributed by atoms with Gasteiger partial charge in [-0.15, -0.1) is 24.0 Å². The molecule has 0 saturated heterocycles. The number of aromatic nitrogens is 3. The first-order valence-electron chi connectivity index (χ1n) is 9.76. The van der Waals surface area contributed by atoms with E-state index < -0.39 is 0 Å². The third-order valence-corrected chi connectivity index (χ3v) is 4.91. The Morgan fingerprint density at radius 1 is 1.27 bits per heavy atom. The molecule has 0 amide bonds. The van der Waals surface area contributed by atoms with Crippen molar-refractivity contribution >= 4 is 29.9 Å². The van der Waals surface area contributed by atoms with Crippen LogP contribution < -0.4 is 20.1 Å². The smallest absolute Gasteiger partial charge is 0.191 e. The summed E-state index contributed by atoms with van der Waals surface area (Å²) in [6.45, 7) is 1.92. The lowest BCUT2D eigenvalue weighted by Gasteiger charge is -2.25. The zero-order valence-corrected chi connectivity index (χ0v) is 20.3. The Morgan fingerprint density at radius 2 is 2.10 bits per heavy atom. The number of ether oxygens (including phenoxy) is 3. The molecular weight excluding hydrogens is 499 g/mol. The van der Waals surface area contributed by atoms with Gasteiger partial charge >= 0.3 is 0 Å². The van der Waals surface area contributed by atoms with Gasteiger partial charge in [0, 0.05) is 33.2 Å². The van der Waals surface area contributed by atoms with Crippen LogP contribution in [0.5, 0.6) is 11.5 Å². The molecule has 1 aromatic carbocycles. The van der Waals surface area contributed by atoms with Crippen molar-refractivity contribution in [1.29, 1.82) is 0 Å². The second-order valence-corrected chi connectivity index (χ2v) is 6.87. The first-order chi connectivity index (χ1) is 14.2. The van der Waals surface area contributed by atoms with Crippen LogP contribution in [-0.4, -0.2) is 61.7 Å². The van der Waals surface area contributed by atoms with Gasteiger partial charge in [-0.25, -0.2) is 9.67 Å². The Kier molecular flexibility index (Phi) is 9.63. The number of halogens is 1. The molecule has 0 spiro atoms. The molecular formula is C20H31IN6O3. The summed E-state index contributed by atoms with van der Waals surface area (Å²) in [6.07, 6.45) is 2.65. The van der Waals surface area contributed by atoms with Crippen molar-refractivity contribution in [3.8, 4) is 11.5 Å². The highest BCUT2D eigenvalue weighted by atomic mass is 127. The highest BCUT2D eigenvalue weighted by Crippen LogP contribution is 2.24. The molecule has 2 N–H and O–H groups in total. The number of aryl methyl sites for hydroxylation is 1. The van der Waals surface area contributed by atoms with Gasteiger partial charge < -0.3 is 24.8 Å². The van der Waals surface area contributed by atoms with Crippen LogP contribution in [0.25, 0.3) is 0 Å². The van der Waals surface area contributed by atoms with Gasteiger partial charge in [0.15, 0.2) is 11.8 Å². The number of rotatable bonds is 8. The van der Waals surface area contributed by atoms with E-state index in [0.29, 0.717) is 6.61 Å². The van der Waals surface area contributed by atoms with E-state index in [9.17, 15) is 0 Å². The summed E-state index contributed by atoms with van der Waals surface area (Å²) in [4.78, 5) is 8.87. The number of aliphatic imine (C=N–C) groups is 1. The summed E-state index contributed by atoms with van der Waals surface area (Å²) in [5.41, 5.74) is 1.09. The Hall–Kier alpha value is -2.08. The lowest BCUT2D eigenvalue weighted by atomic mass is 10.1. The summed E-state index contributed by atoms with van der Waals surface area (Å²) >= 11 is 0. The van der Waals surface area contributed by atoms with Crippen molar-refractivity contribution in [2.45, 2.75) is 38.5 Å². The first-order valence-corrected chi connectivity index (χ1v) is 9.76. The number of nitrogens with one attached hydrogen (secondary N) is 2. The average Bonchev–Trinajstić information content (AvgIpc) is 3.14. The quantitative estimate of drug-likeness (QED) is 0.305. The van der Waals surface area contributed by atoms with Crippen LogP contribution in [0.4, 0.5) is 0 Å². The minimum Gasteiger partial charge on any atom is -0.497 e. The number of hydrogen-bond donors (Lipinski definition) is 2. The molecule has 1 aliphatic rings. The molecule has 166 valence electrons. The number of benzene rings is 1. The van der Waals surface area contributed by atoms with E-state index in [1.807, 2.05) is 22.9 Å². The molecule has 2 aromatic rings. The number of guanidine groups is 1. The molecule has 3 rings (SSSR count). The SMILES string of the molecule is CN=C(NCCc1cc(OC)ccc1OC)NC1CCc2nc(COC)nn2C1.I. The third kappa shape index (κ3) is 6.21. The number of fused-ring (bicyclic) bond motifs is 1. The molecule has 1 aromatic heterocycles. The van der Waals surface area contributed by atoms with E-state index in [1.54, 1.807) is 28.4 Å². The maximum Gasteiger partial charge on any atom is 0.191 e. The standard InChI is InChI=1S/C20H30N6O3.HI/c1-21-20(22-10-9-14-11-16(28-3)6-7-17(14)29-4)23-15-5-8-19-24-18(13-27-2)25-26(19)12-15;/h6-7,11,15H,5,8-10,12-13H2,1-4H3,(H2,21,22,23);1H. The minimum atomic E-state index is 0. The summed E-state index contributed by atoms with van der Waals surface area (Å²) < 4.78 is 17.9. The van der Waals surface area contributed by atoms with Crippen LogP contribution >= 0.6 is 24.0 Å². The fraction of sp³-hybridized carbons (Fsp3) is 0.550. The van der Waals surface area contributed by atoms with Crippen LogP contribution in [0.2, 0.25) is 0 Å². The second-order valence-electron chi connectivity index (χ2n) is 6.87. The van der Waals surface area contributed by atoms with Crippen LogP contribution in [0.3, 0.4) is 0 Å². The van der Waals surface area contributed by atoms with Gasteiger partial charge in [-0.05, 0) is 36.6 Å². The molecule has 1 aliphatic heterocycles. The Morgan fingerprint density at radius 3 is 2.80 bits per heavy atom. The molecule has 0 saturated carbocycles. The van der Waals surface area contributed by atoms with Gasteiger partial charge in [-0.1, -0.05) is 0 Å². The van der Waals surface area contributed by atoms with Gasteiger partial charge in [-0.3, -0.25) is 4.99 Å². The minimum absolute atomic E-state index is 0. The zero-order valence-electron chi connectivity index (χ0n) is 18.0. The highest BCUT2D eigenvalue weighted by Gasteiger charge is 2.22. The van der Waals surface area contributed by atoms with Crippen LogP contribution in [0, 0.1) is 0 Å². The molecule has 30 heavy (non-hydrogen) atoms. The summed E-state index contributed by atoms with van der Waals surface area (Å²) in [7, 11) is 6.78. The van der Waals surface area contributed by atoms with Crippen LogP contribution in [0.15, 0.2) is 23.2 Å². The summed E-state index contributed by atoms with van der Waals surface area (Å²) in [6, 6.07) is 6.08. The lowest BCUT2D eigenvalue weighted by molar-refractivity contribution is 0.177. The van der Waals surface area contributed by atoms with Crippen LogP contribution in [0.1, 0.15) is 23.6 Å². The highest BCUT2D eigenvalue weighted by molar-refractivity contribution is 14.0. The Balaban J connectivity index is 0.00000320.